The van der Waals surface area contributed by atoms with Gasteiger partial charge in [0.25, 0.3) is 0 Å². The predicted molar refractivity (Wildman–Crippen MR) is 75.0 cm³/mol. The number of rotatable bonds is 2. The van der Waals surface area contributed by atoms with Gasteiger partial charge in [0.1, 0.15) is 6.04 Å². The summed E-state index contributed by atoms with van der Waals surface area (Å²) < 4.78 is 0. The molecular formula is C16H27NO2. The van der Waals surface area contributed by atoms with Crippen molar-refractivity contribution < 1.29 is 9.90 Å². The van der Waals surface area contributed by atoms with Gasteiger partial charge in [-0.1, -0.05) is 26.7 Å². The topological polar surface area (TPSA) is 40.5 Å². The van der Waals surface area contributed by atoms with Crippen LogP contribution >= 0.6 is 0 Å². The second-order valence-corrected chi connectivity index (χ2v) is 7.75. The lowest BCUT2D eigenvalue weighted by molar-refractivity contribution is -0.145. The van der Waals surface area contributed by atoms with Crippen molar-refractivity contribution in [2.75, 3.05) is 6.54 Å². The summed E-state index contributed by atoms with van der Waals surface area (Å²) in [5, 5.41) is 9.65. The van der Waals surface area contributed by atoms with Gasteiger partial charge >= 0.3 is 5.97 Å². The first kappa shape index (κ1) is 13.4. The Kier molecular flexibility index (Phi) is 3.36. The maximum absolute atomic E-state index is 11.7. The summed E-state index contributed by atoms with van der Waals surface area (Å²) >= 11 is 0. The molecule has 3 heteroatoms. The zero-order valence-electron chi connectivity index (χ0n) is 12.3. The summed E-state index contributed by atoms with van der Waals surface area (Å²) in [5.74, 6) is 0.520. The van der Waals surface area contributed by atoms with Gasteiger partial charge < -0.3 is 5.11 Å². The molecule has 4 atom stereocenters. The summed E-state index contributed by atoms with van der Waals surface area (Å²) in [6, 6.07) is 0.321. The van der Waals surface area contributed by atoms with Crippen LogP contribution in [0.3, 0.4) is 0 Å². The minimum atomic E-state index is -0.572. The first-order valence-corrected chi connectivity index (χ1v) is 7.96. The van der Waals surface area contributed by atoms with Gasteiger partial charge in [-0.05, 0) is 49.4 Å². The highest BCUT2D eigenvalue weighted by atomic mass is 16.4. The molecule has 0 radical (unpaired) electrons. The third-order valence-electron chi connectivity index (χ3n) is 5.83. The van der Waals surface area contributed by atoms with E-state index < -0.39 is 5.97 Å². The number of carboxylic acid groups (broad SMARTS) is 1. The molecule has 1 saturated heterocycles. The average Bonchev–Trinajstić information content (AvgIpc) is 2.85. The molecule has 2 aliphatic carbocycles. The van der Waals surface area contributed by atoms with Gasteiger partial charge in [-0.25, -0.2) is 0 Å². The van der Waals surface area contributed by atoms with Crippen molar-refractivity contribution in [3.63, 3.8) is 0 Å². The zero-order valence-corrected chi connectivity index (χ0v) is 12.3. The summed E-state index contributed by atoms with van der Waals surface area (Å²) in [5.41, 5.74) is 0.393. The Labute approximate surface area is 116 Å². The van der Waals surface area contributed by atoms with Crippen LogP contribution in [0.5, 0.6) is 0 Å². The van der Waals surface area contributed by atoms with Gasteiger partial charge in [0, 0.05) is 12.6 Å². The number of likely N-dealkylation sites (tertiary alicyclic amines) is 1. The molecule has 2 saturated carbocycles. The molecule has 0 aromatic carbocycles. The molecular weight excluding hydrogens is 238 g/mol. The molecule has 0 spiro atoms. The van der Waals surface area contributed by atoms with Gasteiger partial charge in [-0.15, -0.1) is 0 Å². The number of carboxylic acids is 1. The van der Waals surface area contributed by atoms with Crippen LogP contribution in [0, 0.1) is 17.3 Å². The minimum absolute atomic E-state index is 0.189. The first-order valence-electron chi connectivity index (χ1n) is 7.96. The maximum Gasteiger partial charge on any atom is 0.321 e. The molecule has 0 amide bonds. The van der Waals surface area contributed by atoms with E-state index in [9.17, 15) is 9.90 Å². The van der Waals surface area contributed by atoms with E-state index in [0.29, 0.717) is 23.3 Å². The second kappa shape index (κ2) is 4.76. The Morgan fingerprint density at radius 1 is 1.21 bits per heavy atom. The van der Waals surface area contributed by atoms with Crippen LogP contribution in [0.2, 0.25) is 0 Å². The molecule has 3 nitrogen and oxygen atoms in total. The molecule has 4 unspecified atom stereocenters. The van der Waals surface area contributed by atoms with E-state index in [0.717, 1.165) is 13.0 Å². The van der Waals surface area contributed by atoms with E-state index >= 15 is 0 Å². The number of fused-ring (bicyclic) bond motifs is 1. The van der Waals surface area contributed by atoms with E-state index in [1.54, 1.807) is 0 Å². The van der Waals surface area contributed by atoms with E-state index in [2.05, 4.69) is 18.7 Å². The molecule has 108 valence electrons. The van der Waals surface area contributed by atoms with Crippen LogP contribution < -0.4 is 0 Å². The Bertz CT molecular complexity index is 366. The van der Waals surface area contributed by atoms with Crippen LogP contribution in [-0.4, -0.2) is 34.6 Å². The Hall–Kier alpha value is -0.570. The molecule has 3 fully saturated rings. The largest absolute Gasteiger partial charge is 0.480 e. The maximum atomic E-state index is 11.7. The average molecular weight is 265 g/mol. The third kappa shape index (κ3) is 2.42. The van der Waals surface area contributed by atoms with Crippen molar-refractivity contribution in [3.05, 3.63) is 0 Å². The van der Waals surface area contributed by atoms with Crippen molar-refractivity contribution in [2.45, 2.75) is 70.9 Å². The van der Waals surface area contributed by atoms with Gasteiger partial charge in [0.2, 0.25) is 0 Å². The standard InChI is InChI=1S/C16H27NO2/c1-16(2)8-4-6-12(9-16)17-10-11-5-3-7-13(11)14(17)15(18)19/h11-14H,3-10H2,1-2H3,(H,18,19). The molecule has 0 aromatic heterocycles. The Morgan fingerprint density at radius 3 is 2.68 bits per heavy atom. The summed E-state index contributed by atoms with van der Waals surface area (Å²) in [6.45, 7) is 5.72. The van der Waals surface area contributed by atoms with Crippen molar-refractivity contribution >= 4 is 5.97 Å². The second-order valence-electron chi connectivity index (χ2n) is 7.75. The Balaban J connectivity index is 1.78. The lowest BCUT2D eigenvalue weighted by Gasteiger charge is -2.41. The molecule has 1 N–H and O–H groups in total. The fourth-order valence-corrected chi connectivity index (χ4v) is 4.98. The van der Waals surface area contributed by atoms with Crippen LogP contribution in [0.4, 0.5) is 0 Å². The van der Waals surface area contributed by atoms with Crippen molar-refractivity contribution in [1.29, 1.82) is 0 Å². The number of nitrogens with zero attached hydrogens (tertiary/aromatic N) is 1. The molecule has 0 aromatic rings. The smallest absolute Gasteiger partial charge is 0.321 e. The first-order chi connectivity index (χ1) is 8.98. The molecule has 1 aliphatic heterocycles. The van der Waals surface area contributed by atoms with Crippen molar-refractivity contribution in [2.24, 2.45) is 17.3 Å². The minimum Gasteiger partial charge on any atom is -0.480 e. The summed E-state index contributed by atoms with van der Waals surface area (Å²) in [4.78, 5) is 14.1. The third-order valence-corrected chi connectivity index (χ3v) is 5.83. The normalized spacial score (nSPS) is 42.2. The molecule has 0 bridgehead atoms. The lowest BCUT2D eigenvalue weighted by atomic mass is 9.74. The van der Waals surface area contributed by atoms with Crippen molar-refractivity contribution in [3.8, 4) is 0 Å². The fourth-order valence-electron chi connectivity index (χ4n) is 4.98. The summed E-state index contributed by atoms with van der Waals surface area (Å²) in [7, 11) is 0. The van der Waals surface area contributed by atoms with E-state index in [1.807, 2.05) is 0 Å². The number of hydrogen-bond donors (Lipinski definition) is 1. The van der Waals surface area contributed by atoms with Crippen molar-refractivity contribution in [1.82, 2.24) is 4.90 Å². The lowest BCUT2D eigenvalue weighted by Crippen LogP contribution is -2.48. The number of hydrogen-bond acceptors (Lipinski definition) is 2. The van der Waals surface area contributed by atoms with E-state index in [4.69, 9.17) is 0 Å². The van der Waals surface area contributed by atoms with Crippen LogP contribution in [0.25, 0.3) is 0 Å². The number of carbonyl (C=O) groups is 1. The van der Waals surface area contributed by atoms with Crippen LogP contribution in [-0.2, 0) is 4.79 Å². The van der Waals surface area contributed by atoms with Gasteiger partial charge in [-0.2, -0.15) is 0 Å². The molecule has 19 heavy (non-hydrogen) atoms. The predicted octanol–water partition coefficient (Wildman–Crippen LogP) is 3.14. The molecule has 1 heterocycles. The highest BCUT2D eigenvalue weighted by molar-refractivity contribution is 5.74. The monoisotopic (exact) mass is 265 g/mol. The molecule has 3 aliphatic rings. The van der Waals surface area contributed by atoms with E-state index in [-0.39, 0.29) is 6.04 Å². The van der Waals surface area contributed by atoms with Gasteiger partial charge in [-0.3, -0.25) is 9.69 Å². The van der Waals surface area contributed by atoms with Gasteiger partial charge in [0.15, 0.2) is 0 Å². The molecule has 3 rings (SSSR count). The summed E-state index contributed by atoms with van der Waals surface area (Å²) in [6.07, 6.45) is 8.55. The number of aliphatic carboxylic acids is 1. The fraction of sp³-hybridized carbons (Fsp3) is 0.938. The van der Waals surface area contributed by atoms with E-state index in [1.165, 1.54) is 38.5 Å². The quantitative estimate of drug-likeness (QED) is 0.834. The highest BCUT2D eigenvalue weighted by Crippen LogP contribution is 2.46. The van der Waals surface area contributed by atoms with Crippen LogP contribution in [0.15, 0.2) is 0 Å². The SMILES string of the molecule is CC1(C)CCCC(N2CC3CCCC3C2C(=O)O)C1. The Morgan fingerprint density at radius 2 is 2.00 bits per heavy atom. The van der Waals surface area contributed by atoms with Gasteiger partial charge in [0.05, 0.1) is 0 Å². The highest BCUT2D eigenvalue weighted by Gasteiger charge is 2.50. The zero-order chi connectivity index (χ0) is 13.6. The van der Waals surface area contributed by atoms with Crippen LogP contribution in [0.1, 0.15) is 58.8 Å².